The molecule has 0 radical (unpaired) electrons. The number of carbonyl (C=O) groups excluding carboxylic acids is 1. The quantitative estimate of drug-likeness (QED) is 0.596. The lowest BCUT2D eigenvalue weighted by Crippen LogP contribution is -2.56. The number of ketones is 1. The third-order valence-electron chi connectivity index (χ3n) is 8.08. The molecule has 0 spiro atoms. The largest absolute Gasteiger partial charge is 0.380 e. The Morgan fingerprint density at radius 1 is 0.939 bits per heavy atom. The van der Waals surface area contributed by atoms with Gasteiger partial charge in [0.2, 0.25) is 0 Å². The summed E-state index contributed by atoms with van der Waals surface area (Å²) in [6.45, 7) is 1.48. The third kappa shape index (κ3) is 4.84. The lowest BCUT2D eigenvalue weighted by Gasteiger charge is -2.43. The Balaban J connectivity index is 1.35. The number of likely N-dealkylation sites (tertiary alicyclic amines) is 1. The summed E-state index contributed by atoms with van der Waals surface area (Å²) in [5.74, 6) is -0.162. The molecule has 0 amide bonds. The van der Waals surface area contributed by atoms with Gasteiger partial charge in [0.05, 0.1) is 6.04 Å². The molecule has 1 saturated carbocycles. The average Bonchev–Trinajstić information content (AvgIpc) is 2.86. The van der Waals surface area contributed by atoms with Gasteiger partial charge in [0.25, 0.3) is 0 Å². The highest BCUT2D eigenvalue weighted by Crippen LogP contribution is 2.36. The van der Waals surface area contributed by atoms with Crippen LogP contribution in [0.2, 0.25) is 0 Å². The van der Waals surface area contributed by atoms with Crippen LogP contribution in [0.15, 0.2) is 42.5 Å². The van der Waals surface area contributed by atoms with E-state index in [9.17, 15) is 13.6 Å². The number of Topliss-reactive ketones (excluding diaryl/α,β-unsaturated/α-hetero) is 1. The van der Waals surface area contributed by atoms with Crippen LogP contribution in [-0.2, 0) is 11.2 Å². The first-order valence-corrected chi connectivity index (χ1v) is 12.7. The van der Waals surface area contributed by atoms with Crippen molar-refractivity contribution in [3.05, 3.63) is 65.2 Å². The molecular weight excluding hydrogens is 418 g/mol. The van der Waals surface area contributed by atoms with E-state index < -0.39 is 0 Å². The first kappa shape index (κ1) is 22.5. The maximum Gasteiger partial charge on any atom is 0.155 e. The fourth-order valence-electron chi connectivity index (χ4n) is 6.28. The van der Waals surface area contributed by atoms with Crippen molar-refractivity contribution in [3.8, 4) is 0 Å². The summed E-state index contributed by atoms with van der Waals surface area (Å²) >= 11 is 0. The van der Waals surface area contributed by atoms with Crippen LogP contribution in [0.25, 0.3) is 0 Å². The summed E-state index contributed by atoms with van der Waals surface area (Å²) in [5, 5.41) is 3.70. The fourth-order valence-corrected chi connectivity index (χ4v) is 6.28. The molecule has 2 fully saturated rings. The third-order valence-corrected chi connectivity index (χ3v) is 8.08. The predicted molar refractivity (Wildman–Crippen MR) is 127 cm³/mol. The minimum atomic E-state index is -0.385. The number of fused-ring (bicyclic) bond motifs is 1. The number of hydrogen-bond acceptors (Lipinski definition) is 3. The average molecular weight is 453 g/mol. The summed E-state index contributed by atoms with van der Waals surface area (Å²) in [6.07, 6.45) is 8.94. The van der Waals surface area contributed by atoms with Crippen molar-refractivity contribution in [2.45, 2.75) is 75.8 Å². The molecular formula is C28H34F2N2O. The number of nitrogens with one attached hydrogen (secondary N) is 1. The molecule has 0 aromatic heterocycles. The van der Waals surface area contributed by atoms with Crippen molar-refractivity contribution >= 4 is 11.5 Å². The van der Waals surface area contributed by atoms with Crippen LogP contribution in [0.5, 0.6) is 0 Å². The van der Waals surface area contributed by atoms with Gasteiger partial charge in [0, 0.05) is 17.6 Å². The molecule has 2 aliphatic heterocycles. The van der Waals surface area contributed by atoms with Gasteiger partial charge in [0.15, 0.2) is 5.78 Å². The fraction of sp³-hybridized carbons (Fsp3) is 0.536. The number of piperidine rings is 1. The molecule has 176 valence electrons. The normalized spacial score (nSPS) is 23.5. The Kier molecular flexibility index (Phi) is 6.77. The highest BCUT2D eigenvalue weighted by Gasteiger charge is 2.40. The number of hydrogen-bond donors (Lipinski definition) is 1. The van der Waals surface area contributed by atoms with Crippen LogP contribution in [-0.4, -0.2) is 35.9 Å². The van der Waals surface area contributed by atoms with Gasteiger partial charge >= 0.3 is 0 Å². The smallest absolute Gasteiger partial charge is 0.155 e. The lowest BCUT2D eigenvalue weighted by molar-refractivity contribution is -0.130. The van der Waals surface area contributed by atoms with Crippen LogP contribution in [0, 0.1) is 17.6 Å². The molecule has 2 aromatic rings. The van der Waals surface area contributed by atoms with E-state index in [1.807, 2.05) is 6.07 Å². The van der Waals surface area contributed by atoms with Gasteiger partial charge in [-0.1, -0.05) is 37.5 Å². The Labute approximate surface area is 195 Å². The van der Waals surface area contributed by atoms with E-state index >= 15 is 0 Å². The molecule has 33 heavy (non-hydrogen) atoms. The number of carbonyl (C=O) groups is 1. The second kappa shape index (κ2) is 9.92. The number of aryl methyl sites for hydroxylation is 1. The van der Waals surface area contributed by atoms with E-state index in [-0.39, 0.29) is 35.6 Å². The van der Waals surface area contributed by atoms with Gasteiger partial charge in [-0.3, -0.25) is 9.69 Å². The molecule has 1 aliphatic carbocycles. The topological polar surface area (TPSA) is 32.3 Å². The maximum atomic E-state index is 14.4. The van der Waals surface area contributed by atoms with Gasteiger partial charge in [0.1, 0.15) is 11.6 Å². The van der Waals surface area contributed by atoms with Gasteiger partial charge in [-0.15, -0.1) is 0 Å². The van der Waals surface area contributed by atoms with Crippen LogP contribution in [0.4, 0.5) is 14.5 Å². The molecule has 5 rings (SSSR count). The van der Waals surface area contributed by atoms with E-state index in [1.54, 1.807) is 0 Å². The number of nitrogens with zero attached hydrogens (tertiary/aromatic N) is 1. The van der Waals surface area contributed by atoms with Gasteiger partial charge < -0.3 is 5.32 Å². The summed E-state index contributed by atoms with van der Waals surface area (Å²) < 4.78 is 28.1. The standard InChI is InChI=1S/C28H34F2N2O/c29-22-11-12-24(30)23(18-22)19-14-16-32(17-15-19)27(28(33)21-7-2-1-3-8-21)26-13-10-20-6-4-5-9-25(20)31-26/h4-6,9,11-12,18-19,21,26-27,31H,1-3,7-8,10,13-17H2. The number of para-hydroxylation sites is 1. The minimum Gasteiger partial charge on any atom is -0.380 e. The highest BCUT2D eigenvalue weighted by molar-refractivity contribution is 5.88. The van der Waals surface area contributed by atoms with E-state index in [2.05, 4.69) is 28.4 Å². The SMILES string of the molecule is O=C(C1CCCCC1)C(C1CCc2ccccc2N1)N1CCC(c2cc(F)ccc2F)CC1. The van der Waals surface area contributed by atoms with Crippen molar-refractivity contribution in [2.75, 3.05) is 18.4 Å². The number of benzene rings is 2. The van der Waals surface area contributed by atoms with Crippen molar-refractivity contribution in [1.29, 1.82) is 0 Å². The van der Waals surface area contributed by atoms with Crippen molar-refractivity contribution in [1.82, 2.24) is 4.90 Å². The molecule has 0 bridgehead atoms. The molecule has 2 heterocycles. The lowest BCUT2D eigenvalue weighted by atomic mass is 9.79. The Hall–Kier alpha value is -2.27. The monoisotopic (exact) mass is 452 g/mol. The molecule has 2 aromatic carbocycles. The molecule has 2 unspecified atom stereocenters. The molecule has 3 nitrogen and oxygen atoms in total. The van der Waals surface area contributed by atoms with E-state index in [1.165, 1.54) is 30.2 Å². The molecule has 3 aliphatic rings. The summed E-state index contributed by atoms with van der Waals surface area (Å²) in [6, 6.07) is 12.1. The van der Waals surface area contributed by atoms with E-state index in [4.69, 9.17) is 0 Å². The first-order valence-electron chi connectivity index (χ1n) is 12.7. The summed E-state index contributed by atoms with van der Waals surface area (Å²) in [4.78, 5) is 16.2. The second-order valence-electron chi connectivity index (χ2n) is 10.1. The highest BCUT2D eigenvalue weighted by atomic mass is 19.1. The first-order chi connectivity index (χ1) is 16.1. The van der Waals surface area contributed by atoms with Crippen LogP contribution < -0.4 is 5.32 Å². The number of anilines is 1. The van der Waals surface area contributed by atoms with E-state index in [0.29, 0.717) is 11.3 Å². The Morgan fingerprint density at radius 3 is 2.48 bits per heavy atom. The van der Waals surface area contributed by atoms with Gasteiger partial charge in [-0.2, -0.15) is 0 Å². The van der Waals surface area contributed by atoms with Gasteiger partial charge in [-0.05, 0) is 92.9 Å². The van der Waals surface area contributed by atoms with Crippen molar-refractivity contribution in [3.63, 3.8) is 0 Å². The molecule has 2 atom stereocenters. The molecule has 5 heteroatoms. The van der Waals surface area contributed by atoms with Crippen LogP contribution >= 0.6 is 0 Å². The predicted octanol–water partition coefficient (Wildman–Crippen LogP) is 6.09. The zero-order valence-corrected chi connectivity index (χ0v) is 19.2. The van der Waals surface area contributed by atoms with E-state index in [0.717, 1.165) is 70.1 Å². The van der Waals surface area contributed by atoms with Crippen molar-refractivity contribution in [2.24, 2.45) is 5.92 Å². The Bertz CT molecular complexity index is 980. The van der Waals surface area contributed by atoms with Crippen LogP contribution in [0.3, 0.4) is 0 Å². The van der Waals surface area contributed by atoms with Crippen molar-refractivity contribution < 1.29 is 13.6 Å². The Morgan fingerprint density at radius 2 is 1.70 bits per heavy atom. The maximum absolute atomic E-state index is 14.4. The zero-order chi connectivity index (χ0) is 22.8. The summed E-state index contributed by atoms with van der Waals surface area (Å²) in [5.41, 5.74) is 2.94. The number of halogens is 2. The summed E-state index contributed by atoms with van der Waals surface area (Å²) in [7, 11) is 0. The number of rotatable bonds is 5. The second-order valence-corrected chi connectivity index (χ2v) is 10.1. The molecule has 1 saturated heterocycles. The molecule has 1 N–H and O–H groups in total. The zero-order valence-electron chi connectivity index (χ0n) is 19.2. The van der Waals surface area contributed by atoms with Gasteiger partial charge in [-0.25, -0.2) is 8.78 Å². The minimum absolute atomic E-state index is 0.00224. The van der Waals surface area contributed by atoms with Crippen LogP contribution in [0.1, 0.15) is 68.4 Å².